The van der Waals surface area contributed by atoms with Crippen LogP contribution in [0.5, 0.6) is 0 Å². The summed E-state index contributed by atoms with van der Waals surface area (Å²) in [4.78, 5) is 45.3. The Labute approximate surface area is 296 Å². The number of nitrogens with zero attached hydrogens (tertiary/aromatic N) is 4. The fraction of sp³-hybridized carbons (Fsp3) is 0.667. The normalized spacial score (nSPS) is 16.4. The second kappa shape index (κ2) is 19.8. The van der Waals surface area contributed by atoms with E-state index in [0.717, 1.165) is 50.5 Å². The van der Waals surface area contributed by atoms with Gasteiger partial charge >= 0.3 is 17.9 Å². The van der Waals surface area contributed by atoms with Crippen LogP contribution in [0.2, 0.25) is 0 Å². The Balaban J connectivity index is 1.35. The molecule has 0 bridgehead atoms. The molecule has 1 saturated heterocycles. The third-order valence-corrected chi connectivity index (χ3v) is 8.59. The maximum Gasteiger partial charge on any atom is 0.410 e. The van der Waals surface area contributed by atoms with Crippen LogP contribution in [-0.4, -0.2) is 86.8 Å². The molecule has 2 heterocycles. The number of amides is 2. The van der Waals surface area contributed by atoms with E-state index in [-0.39, 0.29) is 29.7 Å². The lowest BCUT2D eigenvalue weighted by Gasteiger charge is -2.28. The molecular weight excluding hydrogens is 646 g/mol. The van der Waals surface area contributed by atoms with Gasteiger partial charge in [-0.25, -0.2) is 14.4 Å². The predicted molar refractivity (Wildman–Crippen MR) is 193 cm³/mol. The van der Waals surface area contributed by atoms with E-state index in [1.807, 2.05) is 76.8 Å². The van der Waals surface area contributed by atoms with Gasteiger partial charge in [-0.2, -0.15) is 4.98 Å². The maximum absolute atomic E-state index is 13.0. The van der Waals surface area contributed by atoms with Crippen molar-refractivity contribution in [3.8, 4) is 0 Å². The zero-order chi connectivity index (χ0) is 35.9. The maximum atomic E-state index is 13.0. The number of anilines is 1. The largest absolute Gasteiger partial charge is 0.444 e. The number of aromatic nitrogens is 2. The van der Waals surface area contributed by atoms with Crippen molar-refractivity contribution < 1.29 is 28.5 Å². The third-order valence-electron chi connectivity index (χ3n) is 7.49. The Morgan fingerprint density at radius 1 is 0.878 bits per heavy atom. The summed E-state index contributed by atoms with van der Waals surface area (Å²) in [6, 6.07) is 11.5. The van der Waals surface area contributed by atoms with E-state index in [2.05, 4.69) is 4.98 Å². The summed E-state index contributed by atoms with van der Waals surface area (Å²) in [6.07, 6.45) is 6.83. The molecule has 0 radical (unpaired) electrons. The van der Waals surface area contributed by atoms with Crippen LogP contribution in [0.1, 0.15) is 98.3 Å². The number of hydrogen-bond acceptors (Lipinski definition) is 10. The standard InChI is InChI=1S/C36H57N5O7S/c1-35(2,3)47-33(43)39(21-14-10-15-22-40(34(44)48-36(4,5)6)25-28-17-11-9-12-18-28)20-13-7-8-16-24-45-26-31-46-30(27-49-31)41-23-19-29(37)38-32(41)42/h9,11-12,17-19,23,30-31H,7-8,10,13-16,20-22,24-27H2,1-6H3,(H2,37,38,42)/t30-,31+/m1/s1. The molecule has 274 valence electrons. The minimum atomic E-state index is -0.568. The zero-order valence-corrected chi connectivity index (χ0v) is 31.0. The molecular formula is C36H57N5O7S. The molecule has 1 aromatic heterocycles. The van der Waals surface area contributed by atoms with Gasteiger partial charge in [0.2, 0.25) is 0 Å². The first-order valence-corrected chi connectivity index (χ1v) is 18.4. The van der Waals surface area contributed by atoms with Crippen LogP contribution < -0.4 is 11.4 Å². The molecule has 1 aromatic carbocycles. The van der Waals surface area contributed by atoms with Gasteiger partial charge in [0.15, 0.2) is 0 Å². The van der Waals surface area contributed by atoms with Gasteiger partial charge in [0.1, 0.15) is 28.7 Å². The molecule has 1 aliphatic heterocycles. The van der Waals surface area contributed by atoms with E-state index < -0.39 is 16.9 Å². The number of carbonyl (C=O) groups is 2. The molecule has 13 heteroatoms. The Bertz CT molecular complexity index is 1350. The molecule has 0 unspecified atom stereocenters. The van der Waals surface area contributed by atoms with Crippen LogP contribution in [-0.2, 0) is 25.5 Å². The Kier molecular flexibility index (Phi) is 16.2. The molecule has 2 atom stereocenters. The van der Waals surface area contributed by atoms with Crippen molar-refractivity contribution >= 4 is 29.8 Å². The van der Waals surface area contributed by atoms with Crippen LogP contribution in [0.3, 0.4) is 0 Å². The lowest BCUT2D eigenvalue weighted by Crippen LogP contribution is -2.38. The number of nitrogens with two attached hydrogens (primary N) is 1. The first-order valence-electron chi connectivity index (χ1n) is 17.4. The second-order valence-electron chi connectivity index (χ2n) is 14.3. The van der Waals surface area contributed by atoms with Crippen LogP contribution >= 0.6 is 11.8 Å². The Hall–Kier alpha value is -3.29. The van der Waals surface area contributed by atoms with E-state index in [0.29, 0.717) is 45.1 Å². The molecule has 0 aliphatic carbocycles. The minimum absolute atomic E-state index is 0.138. The molecule has 2 N–H and O–H groups in total. The van der Waals surface area contributed by atoms with Gasteiger partial charge in [-0.15, -0.1) is 11.8 Å². The summed E-state index contributed by atoms with van der Waals surface area (Å²) in [5.41, 5.74) is 4.94. The topological polar surface area (TPSA) is 138 Å². The fourth-order valence-corrected chi connectivity index (χ4v) is 6.15. The molecule has 2 aromatic rings. The first kappa shape index (κ1) is 40.1. The van der Waals surface area contributed by atoms with Gasteiger partial charge in [-0.05, 0) is 85.3 Å². The summed E-state index contributed by atoms with van der Waals surface area (Å²) in [5, 5.41) is 0. The van der Waals surface area contributed by atoms with Gasteiger partial charge < -0.3 is 34.5 Å². The Morgan fingerprint density at radius 3 is 2.06 bits per heavy atom. The number of nitrogen functional groups attached to an aromatic ring is 1. The smallest absolute Gasteiger partial charge is 0.410 e. The summed E-state index contributed by atoms with van der Waals surface area (Å²) >= 11 is 1.62. The summed E-state index contributed by atoms with van der Waals surface area (Å²) in [6.45, 7) is 14.6. The molecule has 3 rings (SSSR count). The highest BCUT2D eigenvalue weighted by Crippen LogP contribution is 2.31. The van der Waals surface area contributed by atoms with E-state index in [1.54, 1.807) is 28.9 Å². The van der Waals surface area contributed by atoms with E-state index >= 15 is 0 Å². The van der Waals surface area contributed by atoms with Crippen molar-refractivity contribution in [3.05, 3.63) is 58.6 Å². The summed E-state index contributed by atoms with van der Waals surface area (Å²) in [5.74, 6) is 0.839. The van der Waals surface area contributed by atoms with Crippen molar-refractivity contribution in [2.75, 3.05) is 44.3 Å². The molecule has 0 saturated carbocycles. The van der Waals surface area contributed by atoms with Crippen molar-refractivity contribution in [2.24, 2.45) is 0 Å². The molecule has 1 fully saturated rings. The number of rotatable bonds is 18. The number of ether oxygens (including phenoxy) is 4. The van der Waals surface area contributed by atoms with E-state index in [9.17, 15) is 14.4 Å². The van der Waals surface area contributed by atoms with Gasteiger partial charge in [0.25, 0.3) is 0 Å². The van der Waals surface area contributed by atoms with Gasteiger partial charge in [-0.1, -0.05) is 43.2 Å². The van der Waals surface area contributed by atoms with E-state index in [1.165, 1.54) is 4.57 Å². The number of unbranched alkanes of at least 4 members (excludes halogenated alkanes) is 5. The van der Waals surface area contributed by atoms with Crippen molar-refractivity contribution in [2.45, 2.75) is 116 Å². The van der Waals surface area contributed by atoms with E-state index in [4.69, 9.17) is 24.7 Å². The number of hydrogen-bond donors (Lipinski definition) is 1. The van der Waals surface area contributed by atoms with Crippen LogP contribution in [0, 0.1) is 0 Å². The average molecular weight is 704 g/mol. The molecule has 0 spiro atoms. The molecule has 12 nitrogen and oxygen atoms in total. The number of carbonyl (C=O) groups excluding carboxylic acids is 2. The van der Waals surface area contributed by atoms with Crippen LogP contribution in [0.25, 0.3) is 0 Å². The predicted octanol–water partition coefficient (Wildman–Crippen LogP) is 6.84. The van der Waals surface area contributed by atoms with Gasteiger partial charge in [0.05, 0.1) is 6.61 Å². The lowest BCUT2D eigenvalue weighted by molar-refractivity contribution is -0.0252. The fourth-order valence-electron chi connectivity index (χ4n) is 5.13. The lowest BCUT2D eigenvalue weighted by atomic mass is 10.1. The van der Waals surface area contributed by atoms with Crippen molar-refractivity contribution in [3.63, 3.8) is 0 Å². The van der Waals surface area contributed by atoms with Gasteiger partial charge in [-0.3, -0.25) is 4.57 Å². The molecule has 49 heavy (non-hydrogen) atoms. The van der Waals surface area contributed by atoms with Crippen molar-refractivity contribution in [1.82, 2.24) is 19.4 Å². The summed E-state index contributed by atoms with van der Waals surface area (Å²) in [7, 11) is 0. The number of thioether (sulfide) groups is 1. The SMILES string of the molecule is CC(C)(C)OC(=O)N(CCCCCCOC[C@H]1O[C@@H](n2ccc(N)nc2=O)CS1)CCCCCN(Cc1ccccc1)C(=O)OC(C)(C)C. The van der Waals surface area contributed by atoms with Crippen LogP contribution in [0.15, 0.2) is 47.4 Å². The summed E-state index contributed by atoms with van der Waals surface area (Å²) < 4.78 is 24.6. The van der Waals surface area contributed by atoms with Crippen molar-refractivity contribution in [1.29, 1.82) is 0 Å². The highest BCUT2D eigenvalue weighted by atomic mass is 32.2. The average Bonchev–Trinajstić information content (AvgIpc) is 3.47. The van der Waals surface area contributed by atoms with Crippen LogP contribution in [0.4, 0.5) is 15.4 Å². The second-order valence-corrected chi connectivity index (χ2v) is 15.5. The number of benzene rings is 1. The zero-order valence-electron chi connectivity index (χ0n) is 30.2. The first-order chi connectivity index (χ1) is 23.2. The monoisotopic (exact) mass is 703 g/mol. The molecule has 2 amide bonds. The molecule has 1 aliphatic rings. The minimum Gasteiger partial charge on any atom is -0.444 e. The third kappa shape index (κ3) is 15.9. The van der Waals surface area contributed by atoms with Gasteiger partial charge in [0, 0.05) is 44.7 Å². The Morgan fingerprint density at radius 2 is 1.45 bits per heavy atom. The highest BCUT2D eigenvalue weighted by Gasteiger charge is 2.28. The highest BCUT2D eigenvalue weighted by molar-refractivity contribution is 8.00. The quantitative estimate of drug-likeness (QED) is 0.164.